The van der Waals surface area contributed by atoms with Crippen molar-refractivity contribution < 1.29 is 18.7 Å². The lowest BCUT2D eigenvalue weighted by Gasteiger charge is -2.54. The predicted octanol–water partition coefficient (Wildman–Crippen LogP) is 5.17. The van der Waals surface area contributed by atoms with Gasteiger partial charge in [0.25, 0.3) is 5.91 Å². The molecule has 3 atom stereocenters. The van der Waals surface area contributed by atoms with Crippen molar-refractivity contribution in [3.63, 3.8) is 0 Å². The number of likely N-dealkylation sites (tertiary alicyclic amines) is 2. The lowest BCUT2D eigenvalue weighted by atomic mass is 9.56. The first-order valence-corrected chi connectivity index (χ1v) is 17.5. The fraction of sp³-hybridized carbons (Fsp3) is 0.605. The van der Waals surface area contributed by atoms with Gasteiger partial charge >= 0.3 is 5.97 Å². The summed E-state index contributed by atoms with van der Waals surface area (Å²) in [5.41, 5.74) is 2.78. The number of anilines is 1. The smallest absolute Gasteiger partial charge is 0.305 e. The fourth-order valence-electron chi connectivity index (χ4n) is 9.17. The van der Waals surface area contributed by atoms with E-state index in [0.717, 1.165) is 95.7 Å². The zero-order valence-corrected chi connectivity index (χ0v) is 28.3. The predicted molar refractivity (Wildman–Crippen MR) is 181 cm³/mol. The van der Waals surface area contributed by atoms with Gasteiger partial charge in [-0.15, -0.1) is 0 Å². The van der Waals surface area contributed by atoms with Crippen LogP contribution in [0.5, 0.6) is 0 Å². The van der Waals surface area contributed by atoms with Crippen LogP contribution in [0.2, 0.25) is 0 Å². The number of ether oxygens (including phenoxy) is 1. The number of amides is 1. The van der Waals surface area contributed by atoms with Crippen LogP contribution in [0.1, 0.15) is 66.4 Å². The Morgan fingerprint density at radius 1 is 1.00 bits per heavy atom. The van der Waals surface area contributed by atoms with E-state index in [4.69, 9.17) is 4.74 Å². The Balaban J connectivity index is 1.15. The minimum Gasteiger partial charge on any atom is -0.469 e. The maximum atomic E-state index is 15.0. The second-order valence-corrected chi connectivity index (χ2v) is 14.6. The molecular weight excluding hydrogens is 593 g/mol. The first-order chi connectivity index (χ1) is 22.7. The van der Waals surface area contributed by atoms with E-state index in [1.165, 1.54) is 18.4 Å². The first-order valence-electron chi connectivity index (χ1n) is 17.5. The highest BCUT2D eigenvalue weighted by Gasteiger charge is 2.53. The lowest BCUT2D eigenvalue weighted by molar-refractivity contribution is -0.142. The molecule has 9 heteroatoms. The van der Waals surface area contributed by atoms with Crippen LogP contribution >= 0.6 is 0 Å². The molecule has 1 amide bonds. The van der Waals surface area contributed by atoms with Gasteiger partial charge in [0.05, 0.1) is 24.3 Å². The van der Waals surface area contributed by atoms with Crippen molar-refractivity contribution >= 4 is 17.6 Å². The molecule has 0 N–H and O–H groups in total. The number of carbonyl (C=O) groups excluding carboxylic acids is 2. The minimum absolute atomic E-state index is 0.134. The van der Waals surface area contributed by atoms with Crippen molar-refractivity contribution in [2.24, 2.45) is 23.7 Å². The van der Waals surface area contributed by atoms with Crippen molar-refractivity contribution in [2.45, 2.75) is 50.4 Å². The van der Waals surface area contributed by atoms with Crippen LogP contribution in [0.25, 0.3) is 0 Å². The number of carbonyl (C=O) groups is 2. The highest BCUT2D eigenvalue weighted by molar-refractivity contribution is 5.97. The summed E-state index contributed by atoms with van der Waals surface area (Å²) < 4.78 is 20.1. The van der Waals surface area contributed by atoms with Gasteiger partial charge in [0.1, 0.15) is 5.82 Å². The molecule has 4 aliphatic rings. The van der Waals surface area contributed by atoms with E-state index in [2.05, 4.69) is 26.8 Å². The number of benzene rings is 2. The van der Waals surface area contributed by atoms with E-state index >= 15 is 0 Å². The second-order valence-electron chi connectivity index (χ2n) is 14.6. The van der Waals surface area contributed by atoms with Gasteiger partial charge in [-0.2, -0.15) is 5.26 Å². The van der Waals surface area contributed by atoms with Crippen molar-refractivity contribution in [1.82, 2.24) is 14.7 Å². The summed E-state index contributed by atoms with van der Waals surface area (Å²) >= 11 is 0. The number of nitrogens with zero attached hydrogens (tertiary/aromatic N) is 5. The molecule has 0 aromatic heterocycles. The molecule has 0 spiro atoms. The van der Waals surface area contributed by atoms with Gasteiger partial charge in [-0.05, 0) is 112 Å². The molecule has 3 heterocycles. The average molecular weight is 644 g/mol. The normalized spacial score (nSPS) is 23.8. The molecule has 6 rings (SSSR count). The molecule has 3 aliphatic heterocycles. The summed E-state index contributed by atoms with van der Waals surface area (Å²) in [5, 5.41) is 9.52. The van der Waals surface area contributed by atoms with Crippen LogP contribution in [-0.2, 0) is 14.9 Å². The Morgan fingerprint density at radius 2 is 1.77 bits per heavy atom. The van der Waals surface area contributed by atoms with Crippen LogP contribution in [0.3, 0.4) is 0 Å². The molecule has 1 saturated carbocycles. The standard InChI is InChI=1S/C38H50FN5O3/c1-41(2)37(46)34-21-33(12-11-29(34)22-40)44-24-27(25-44)23-42-17-13-30(14-18-42)38(26-43-15-6-16-43,31-8-5-9-32(39)20-31)35-10-4-7-28(35)19-36(45)47-3/h5,8-9,11-12,20-21,27-28,30,35H,4,6-7,10,13-19,23-26H2,1-3H3/t28-,35+,38+/m1/s1. The van der Waals surface area contributed by atoms with E-state index in [0.29, 0.717) is 35.3 Å². The van der Waals surface area contributed by atoms with Crippen LogP contribution < -0.4 is 4.90 Å². The third-order valence-corrected chi connectivity index (χ3v) is 11.7. The maximum Gasteiger partial charge on any atom is 0.305 e. The number of hydrogen-bond acceptors (Lipinski definition) is 7. The quantitative estimate of drug-likeness (QED) is 0.313. The molecule has 47 heavy (non-hydrogen) atoms. The number of hydrogen-bond donors (Lipinski definition) is 0. The summed E-state index contributed by atoms with van der Waals surface area (Å²) in [6.45, 7) is 8.05. The van der Waals surface area contributed by atoms with Crippen molar-refractivity contribution in [2.75, 3.05) is 78.5 Å². The van der Waals surface area contributed by atoms with E-state index in [9.17, 15) is 19.2 Å². The molecule has 8 nitrogen and oxygen atoms in total. The van der Waals surface area contributed by atoms with Crippen molar-refractivity contribution in [3.05, 3.63) is 65.0 Å². The van der Waals surface area contributed by atoms with E-state index in [1.54, 1.807) is 32.3 Å². The Morgan fingerprint density at radius 3 is 2.40 bits per heavy atom. The van der Waals surface area contributed by atoms with Crippen LogP contribution in [0.4, 0.5) is 10.1 Å². The Bertz CT molecular complexity index is 1470. The zero-order chi connectivity index (χ0) is 33.1. The van der Waals surface area contributed by atoms with E-state index in [-0.39, 0.29) is 29.0 Å². The monoisotopic (exact) mass is 643 g/mol. The van der Waals surface area contributed by atoms with Crippen LogP contribution in [-0.4, -0.2) is 100 Å². The number of methoxy groups -OCH3 is 1. The minimum atomic E-state index is -0.200. The summed E-state index contributed by atoms with van der Waals surface area (Å²) in [7, 11) is 4.90. The Kier molecular flexibility index (Phi) is 10.2. The fourth-order valence-corrected chi connectivity index (χ4v) is 9.17. The van der Waals surface area contributed by atoms with Crippen LogP contribution in [0.15, 0.2) is 42.5 Å². The van der Waals surface area contributed by atoms with E-state index < -0.39 is 0 Å². The SMILES string of the molecule is COC(=O)C[C@H]1CCC[C@@H]1[C@](CN1CCC1)(c1cccc(F)c1)C1CCN(CC2CN(c3ccc(C#N)c(C(=O)N(C)C)c3)C2)CC1. The van der Waals surface area contributed by atoms with E-state index in [1.807, 2.05) is 18.2 Å². The van der Waals surface area contributed by atoms with Gasteiger partial charge in [0.15, 0.2) is 0 Å². The molecular formula is C38H50FN5O3. The number of rotatable bonds is 11. The molecule has 2 aromatic rings. The third-order valence-electron chi connectivity index (χ3n) is 11.7. The summed E-state index contributed by atoms with van der Waals surface area (Å²) in [6.07, 6.45) is 6.98. The van der Waals surface area contributed by atoms with Gasteiger partial charge in [0, 0.05) is 63.7 Å². The molecule has 0 radical (unpaired) electrons. The van der Waals surface area contributed by atoms with Gasteiger partial charge in [0.2, 0.25) is 0 Å². The number of piperidine rings is 1. The topological polar surface area (TPSA) is 80.1 Å². The summed E-state index contributed by atoms with van der Waals surface area (Å²) in [6, 6.07) is 15.1. The molecule has 0 bridgehead atoms. The number of esters is 1. The molecule has 2 aromatic carbocycles. The first kappa shape index (κ1) is 33.4. The van der Waals surface area contributed by atoms with Crippen molar-refractivity contribution in [1.29, 1.82) is 5.26 Å². The average Bonchev–Trinajstić information content (AvgIpc) is 3.50. The van der Waals surface area contributed by atoms with Crippen molar-refractivity contribution in [3.8, 4) is 6.07 Å². The van der Waals surface area contributed by atoms with Gasteiger partial charge in [-0.25, -0.2) is 4.39 Å². The second kappa shape index (κ2) is 14.3. The lowest BCUT2D eigenvalue weighted by Crippen LogP contribution is -2.58. The van der Waals surface area contributed by atoms with Gasteiger partial charge in [-0.1, -0.05) is 18.6 Å². The maximum absolute atomic E-state index is 15.0. The highest BCUT2D eigenvalue weighted by atomic mass is 19.1. The Labute approximate surface area is 279 Å². The van der Waals surface area contributed by atoms with Gasteiger partial charge in [-0.3, -0.25) is 9.59 Å². The zero-order valence-electron chi connectivity index (χ0n) is 28.3. The number of nitriles is 1. The highest BCUT2D eigenvalue weighted by Crippen LogP contribution is 2.54. The molecule has 252 valence electrons. The molecule has 4 fully saturated rings. The largest absolute Gasteiger partial charge is 0.469 e. The van der Waals surface area contributed by atoms with Crippen LogP contribution in [0, 0.1) is 40.8 Å². The Hall–Kier alpha value is -3.48. The summed E-state index contributed by atoms with van der Waals surface area (Å²) in [4.78, 5) is 34.2. The molecule has 3 saturated heterocycles. The third kappa shape index (κ3) is 6.91. The van der Waals surface area contributed by atoms with Gasteiger partial charge < -0.3 is 24.3 Å². The molecule has 1 aliphatic carbocycles. The molecule has 0 unspecified atom stereocenters. The summed E-state index contributed by atoms with van der Waals surface area (Å²) in [5.74, 6) is 1.06. The number of halogens is 1.